The number of nitro benzene ring substituents is 1. The van der Waals surface area contributed by atoms with Gasteiger partial charge in [0, 0.05) is 50.1 Å². The molecule has 1 N–H and O–H groups in total. The molecule has 1 fully saturated rings. The lowest BCUT2D eigenvalue weighted by atomic mass is 10.1. The monoisotopic (exact) mass is 661 g/mol. The third-order valence-electron chi connectivity index (χ3n) is 7.38. The number of hydrogen-bond donors (Lipinski definition) is 1. The number of rotatable bonds is 9. The smallest absolute Gasteiger partial charge is 0.420 e. The van der Waals surface area contributed by atoms with Crippen LogP contribution in [-0.2, 0) is 19.0 Å². The SMILES string of the molecule is O=C(O)c1ccc(COc2cccc(Oc3cc(N4CCN(c5cccc(C(F)(F)F)c5)CC4)c([N+](=O)[O-])cc3C(F)(F)F)c2)cc1. The summed E-state index contributed by atoms with van der Waals surface area (Å²) in [6, 6.07) is 17.7. The fourth-order valence-electron chi connectivity index (χ4n) is 5.01. The van der Waals surface area contributed by atoms with Gasteiger partial charge in [-0.05, 0) is 48.0 Å². The summed E-state index contributed by atoms with van der Waals surface area (Å²) in [5.41, 5.74) is -2.13. The molecule has 0 bridgehead atoms. The molecule has 1 aliphatic rings. The van der Waals surface area contributed by atoms with E-state index in [1.165, 1.54) is 53.4 Å². The zero-order valence-electron chi connectivity index (χ0n) is 24.2. The van der Waals surface area contributed by atoms with Crippen LogP contribution in [0.25, 0.3) is 0 Å². The maximum Gasteiger partial charge on any atom is 0.420 e. The Balaban J connectivity index is 1.37. The summed E-state index contributed by atoms with van der Waals surface area (Å²) in [7, 11) is 0. The Kier molecular flexibility index (Phi) is 9.17. The Morgan fingerprint density at radius 2 is 1.45 bits per heavy atom. The average molecular weight is 662 g/mol. The molecule has 0 amide bonds. The molecule has 5 rings (SSSR count). The lowest BCUT2D eigenvalue weighted by Gasteiger charge is -2.37. The van der Waals surface area contributed by atoms with Crippen LogP contribution < -0.4 is 19.3 Å². The zero-order chi connectivity index (χ0) is 33.9. The molecule has 15 heteroatoms. The van der Waals surface area contributed by atoms with Crippen LogP contribution in [0, 0.1) is 10.1 Å². The molecule has 0 aromatic heterocycles. The topological polar surface area (TPSA) is 105 Å². The van der Waals surface area contributed by atoms with E-state index >= 15 is 0 Å². The number of carboxylic acids is 1. The van der Waals surface area contributed by atoms with Crippen LogP contribution in [0.3, 0.4) is 0 Å². The molecule has 0 saturated carbocycles. The largest absolute Gasteiger partial charge is 0.489 e. The van der Waals surface area contributed by atoms with E-state index < -0.39 is 45.8 Å². The Bertz CT molecular complexity index is 1770. The summed E-state index contributed by atoms with van der Waals surface area (Å²) in [5.74, 6) is -1.61. The fourth-order valence-corrected chi connectivity index (χ4v) is 5.01. The van der Waals surface area contributed by atoms with E-state index in [-0.39, 0.29) is 55.5 Å². The lowest BCUT2D eigenvalue weighted by Crippen LogP contribution is -2.46. The molecule has 1 saturated heterocycles. The number of anilines is 2. The van der Waals surface area contributed by atoms with Crippen molar-refractivity contribution in [2.75, 3.05) is 36.0 Å². The minimum Gasteiger partial charge on any atom is -0.489 e. The van der Waals surface area contributed by atoms with E-state index in [0.717, 1.165) is 18.2 Å². The maximum atomic E-state index is 14.1. The number of hydrogen-bond acceptors (Lipinski definition) is 7. The number of halogens is 6. The molecule has 0 aliphatic carbocycles. The summed E-state index contributed by atoms with van der Waals surface area (Å²) < 4.78 is 93.3. The van der Waals surface area contributed by atoms with Gasteiger partial charge in [0.1, 0.15) is 35.1 Å². The van der Waals surface area contributed by atoms with E-state index in [2.05, 4.69) is 0 Å². The average Bonchev–Trinajstić information content (AvgIpc) is 3.03. The van der Waals surface area contributed by atoms with E-state index in [0.29, 0.717) is 17.3 Å². The molecule has 0 radical (unpaired) electrons. The molecule has 4 aromatic carbocycles. The minimum absolute atomic E-state index is 0.0192. The van der Waals surface area contributed by atoms with Crippen molar-refractivity contribution in [3.63, 3.8) is 0 Å². The number of ether oxygens (including phenoxy) is 2. The number of nitrogens with zero attached hydrogens (tertiary/aromatic N) is 3. The van der Waals surface area contributed by atoms with Gasteiger partial charge in [0.15, 0.2) is 0 Å². The van der Waals surface area contributed by atoms with E-state index in [4.69, 9.17) is 14.6 Å². The van der Waals surface area contributed by atoms with Crippen LogP contribution in [0.4, 0.5) is 43.4 Å². The molecular formula is C32H25F6N3O6. The molecule has 9 nitrogen and oxygen atoms in total. The highest BCUT2D eigenvalue weighted by Gasteiger charge is 2.39. The van der Waals surface area contributed by atoms with Gasteiger partial charge in [-0.25, -0.2) is 4.79 Å². The highest BCUT2D eigenvalue weighted by Crippen LogP contribution is 2.45. The van der Waals surface area contributed by atoms with Crippen molar-refractivity contribution in [1.29, 1.82) is 0 Å². The summed E-state index contributed by atoms with van der Waals surface area (Å²) >= 11 is 0. The van der Waals surface area contributed by atoms with E-state index in [1.54, 1.807) is 17.0 Å². The first-order valence-corrected chi connectivity index (χ1v) is 14.0. The van der Waals surface area contributed by atoms with Gasteiger partial charge in [0.2, 0.25) is 0 Å². The first-order valence-electron chi connectivity index (χ1n) is 14.0. The maximum absolute atomic E-state index is 14.1. The molecule has 0 atom stereocenters. The van der Waals surface area contributed by atoms with Gasteiger partial charge in [0.25, 0.3) is 5.69 Å². The highest BCUT2D eigenvalue weighted by molar-refractivity contribution is 5.87. The van der Waals surface area contributed by atoms with Crippen LogP contribution in [0.5, 0.6) is 17.2 Å². The van der Waals surface area contributed by atoms with E-state index in [9.17, 15) is 41.3 Å². The third-order valence-corrected chi connectivity index (χ3v) is 7.38. The number of carbonyl (C=O) groups is 1. The summed E-state index contributed by atoms with van der Waals surface area (Å²) in [5, 5.41) is 21.0. The molecule has 4 aromatic rings. The third kappa shape index (κ3) is 7.85. The second-order valence-corrected chi connectivity index (χ2v) is 10.5. The second-order valence-electron chi connectivity index (χ2n) is 10.5. The summed E-state index contributed by atoms with van der Waals surface area (Å²) in [6.07, 6.45) is -9.56. The highest BCUT2D eigenvalue weighted by atomic mass is 19.4. The number of piperazine rings is 1. The number of carboxylic acid groups (broad SMARTS) is 1. The van der Waals surface area contributed by atoms with Crippen LogP contribution in [0.15, 0.2) is 84.9 Å². The number of benzene rings is 4. The van der Waals surface area contributed by atoms with Crippen LogP contribution in [-0.4, -0.2) is 42.2 Å². The molecular weight excluding hydrogens is 636 g/mol. The number of alkyl halides is 6. The Labute approximate surface area is 263 Å². The second kappa shape index (κ2) is 13.1. The van der Waals surface area contributed by atoms with Crippen molar-refractivity contribution < 1.29 is 50.6 Å². The van der Waals surface area contributed by atoms with Crippen molar-refractivity contribution >= 4 is 23.0 Å². The molecule has 47 heavy (non-hydrogen) atoms. The first-order chi connectivity index (χ1) is 22.2. The molecule has 0 spiro atoms. The van der Waals surface area contributed by atoms with Crippen LogP contribution in [0.1, 0.15) is 27.0 Å². The van der Waals surface area contributed by atoms with E-state index in [1.807, 2.05) is 0 Å². The van der Waals surface area contributed by atoms with Gasteiger partial charge in [-0.1, -0.05) is 24.3 Å². The van der Waals surface area contributed by atoms with Crippen LogP contribution in [0.2, 0.25) is 0 Å². The van der Waals surface area contributed by atoms with Gasteiger partial charge < -0.3 is 24.4 Å². The van der Waals surface area contributed by atoms with Crippen molar-refractivity contribution in [1.82, 2.24) is 0 Å². The van der Waals surface area contributed by atoms with Gasteiger partial charge in [-0.2, -0.15) is 26.3 Å². The van der Waals surface area contributed by atoms with Gasteiger partial charge in [0.05, 0.1) is 16.1 Å². The van der Waals surface area contributed by atoms with Crippen molar-refractivity contribution in [2.24, 2.45) is 0 Å². The molecule has 1 heterocycles. The first kappa shape index (κ1) is 32.9. The predicted octanol–water partition coefficient (Wildman–Crippen LogP) is 8.03. The molecule has 1 aliphatic heterocycles. The number of aromatic carboxylic acids is 1. The van der Waals surface area contributed by atoms with Gasteiger partial charge in [-0.3, -0.25) is 10.1 Å². The van der Waals surface area contributed by atoms with Gasteiger partial charge >= 0.3 is 18.3 Å². The molecule has 246 valence electrons. The lowest BCUT2D eigenvalue weighted by molar-refractivity contribution is -0.384. The standard InChI is InChI=1S/C32H25F6N3O6/c33-31(34,35)22-3-1-4-23(15-22)39-11-13-40(14-12-39)27-18-29(26(32(36,37)38)17-28(27)41(44)45)47-25-6-2-5-24(16-25)46-19-20-7-9-21(10-8-20)30(42)43/h1-10,15-18H,11-14,19H2,(H,42,43). The quantitative estimate of drug-likeness (QED) is 0.109. The number of nitro groups is 1. The molecule has 0 unspecified atom stereocenters. The fraction of sp³-hybridized carbons (Fsp3) is 0.219. The van der Waals surface area contributed by atoms with Crippen molar-refractivity contribution in [2.45, 2.75) is 19.0 Å². The predicted molar refractivity (Wildman–Crippen MR) is 158 cm³/mol. The van der Waals surface area contributed by atoms with Crippen molar-refractivity contribution in [3.05, 3.63) is 117 Å². The minimum atomic E-state index is -5.02. The summed E-state index contributed by atoms with van der Waals surface area (Å²) in [4.78, 5) is 25.2. The van der Waals surface area contributed by atoms with Gasteiger partial charge in [-0.15, -0.1) is 0 Å². The Morgan fingerprint density at radius 1 is 0.809 bits per heavy atom. The van der Waals surface area contributed by atoms with Crippen molar-refractivity contribution in [3.8, 4) is 17.2 Å². The Morgan fingerprint density at radius 3 is 2.06 bits per heavy atom. The normalized spacial score (nSPS) is 13.7. The zero-order valence-corrected chi connectivity index (χ0v) is 24.2. The van der Waals surface area contributed by atoms with Crippen LogP contribution >= 0.6 is 0 Å². The Hall–Kier alpha value is -5.47. The summed E-state index contributed by atoms with van der Waals surface area (Å²) in [6.45, 7) is 0.449.